The maximum absolute atomic E-state index is 13.1. The number of hydrogen-bond acceptors (Lipinski definition) is 4. The Morgan fingerprint density at radius 2 is 1.71 bits per heavy atom. The lowest BCUT2D eigenvalue weighted by atomic mass is 10.1. The van der Waals surface area contributed by atoms with Gasteiger partial charge in [0.25, 0.3) is 0 Å². The largest absolute Gasteiger partial charge is 0.444 e. The molecule has 8 heteroatoms. The average Bonchev–Trinajstić information content (AvgIpc) is 2.60. The number of carbonyl (C=O) groups excluding carboxylic acids is 2. The van der Waals surface area contributed by atoms with E-state index in [1.54, 1.807) is 29.2 Å². The molecule has 3 atom stereocenters. The van der Waals surface area contributed by atoms with Gasteiger partial charge in [-0.3, -0.25) is 4.79 Å². The van der Waals surface area contributed by atoms with Crippen LogP contribution in [0.1, 0.15) is 34.6 Å². The lowest BCUT2D eigenvalue weighted by Gasteiger charge is -2.43. The number of ether oxygens (including phenoxy) is 1. The Balaban J connectivity index is 2.07. The van der Waals surface area contributed by atoms with Crippen LogP contribution in [-0.4, -0.2) is 56.2 Å². The second kappa shape index (κ2) is 8.87. The highest BCUT2D eigenvalue weighted by atomic mass is 32.2. The normalized spacial score (nSPS) is 21.7. The second-order valence-corrected chi connectivity index (χ2v) is 9.30. The zero-order valence-electron chi connectivity index (χ0n) is 17.1. The predicted molar refractivity (Wildman–Crippen MR) is 110 cm³/mol. The molecule has 0 aliphatic carbocycles. The highest BCUT2D eigenvalue weighted by Crippen LogP contribution is 2.24. The Kier molecular flexibility index (Phi) is 7.01. The number of nitrogens with one attached hydrogen (secondary N) is 1. The van der Waals surface area contributed by atoms with Crippen molar-refractivity contribution in [1.29, 1.82) is 0 Å². The maximum atomic E-state index is 13.1. The van der Waals surface area contributed by atoms with Crippen LogP contribution in [0.25, 0.3) is 0 Å². The van der Waals surface area contributed by atoms with E-state index in [4.69, 9.17) is 4.74 Å². The summed E-state index contributed by atoms with van der Waals surface area (Å²) in [7, 11) is -1.38. The Hall–Kier alpha value is -2.19. The summed E-state index contributed by atoms with van der Waals surface area (Å²) in [5, 5.41) is 2.66. The van der Waals surface area contributed by atoms with Gasteiger partial charge < -0.3 is 15.0 Å². The highest BCUT2D eigenvalue weighted by Gasteiger charge is 2.37. The van der Waals surface area contributed by atoms with E-state index in [2.05, 4.69) is 11.9 Å². The van der Waals surface area contributed by atoms with Crippen LogP contribution in [0, 0.1) is 0 Å². The summed E-state index contributed by atoms with van der Waals surface area (Å²) in [6, 6.07) is 6.68. The molecule has 0 aromatic heterocycles. The van der Waals surface area contributed by atoms with Gasteiger partial charge in [-0.2, -0.15) is 0 Å². The van der Waals surface area contributed by atoms with Gasteiger partial charge in [-0.1, -0.05) is 6.58 Å². The van der Waals surface area contributed by atoms with E-state index < -0.39 is 16.6 Å². The molecule has 28 heavy (non-hydrogen) atoms. The number of piperazine rings is 1. The monoisotopic (exact) mass is 407 g/mol. The van der Waals surface area contributed by atoms with Gasteiger partial charge in [0.15, 0.2) is 0 Å². The SMILES string of the molecule is C=CC(=O)Nc1ccc(S(=O)N2[C@H](C)CN(C(=O)OC(C)(C)C)C[C@@H]2C)cc1. The van der Waals surface area contributed by atoms with Crippen molar-refractivity contribution in [3.8, 4) is 0 Å². The lowest BCUT2D eigenvalue weighted by molar-refractivity contribution is -0.111. The smallest absolute Gasteiger partial charge is 0.410 e. The highest BCUT2D eigenvalue weighted by molar-refractivity contribution is 7.82. The molecule has 1 heterocycles. The molecule has 1 N–H and O–H groups in total. The van der Waals surface area contributed by atoms with Gasteiger partial charge in [-0.05, 0) is 65.0 Å². The first-order chi connectivity index (χ1) is 13.0. The van der Waals surface area contributed by atoms with Gasteiger partial charge >= 0.3 is 6.09 Å². The number of hydrogen-bond donors (Lipinski definition) is 1. The van der Waals surface area contributed by atoms with Crippen molar-refractivity contribution < 1.29 is 18.5 Å². The molecular formula is C20H29N3O4S. The molecule has 7 nitrogen and oxygen atoms in total. The minimum Gasteiger partial charge on any atom is -0.444 e. The molecule has 1 fully saturated rings. The summed E-state index contributed by atoms with van der Waals surface area (Å²) in [4.78, 5) is 26.0. The minimum absolute atomic E-state index is 0.0998. The number of benzene rings is 1. The molecule has 0 bridgehead atoms. The summed E-state index contributed by atoms with van der Waals surface area (Å²) in [5.74, 6) is -0.297. The van der Waals surface area contributed by atoms with Crippen LogP contribution in [0.4, 0.5) is 10.5 Å². The molecule has 0 radical (unpaired) electrons. The van der Waals surface area contributed by atoms with Crippen LogP contribution in [0.5, 0.6) is 0 Å². The van der Waals surface area contributed by atoms with E-state index in [0.29, 0.717) is 23.7 Å². The van der Waals surface area contributed by atoms with Crippen molar-refractivity contribution in [3.05, 3.63) is 36.9 Å². The van der Waals surface area contributed by atoms with Gasteiger partial charge in [-0.25, -0.2) is 13.3 Å². The fraction of sp³-hybridized carbons (Fsp3) is 0.500. The Labute approximate surface area is 169 Å². The number of anilines is 1. The average molecular weight is 408 g/mol. The fourth-order valence-corrected chi connectivity index (χ4v) is 4.48. The molecular weight excluding hydrogens is 378 g/mol. The number of rotatable bonds is 4. The summed E-state index contributed by atoms with van der Waals surface area (Å²) in [5.41, 5.74) is 0.0632. The molecule has 2 amide bonds. The summed E-state index contributed by atoms with van der Waals surface area (Å²) < 4.78 is 20.5. The van der Waals surface area contributed by atoms with E-state index in [0.717, 1.165) is 0 Å². The van der Waals surface area contributed by atoms with E-state index in [-0.39, 0.29) is 24.1 Å². The van der Waals surface area contributed by atoms with Crippen molar-refractivity contribution >= 4 is 28.7 Å². The zero-order chi connectivity index (χ0) is 21.1. The van der Waals surface area contributed by atoms with E-state index >= 15 is 0 Å². The first-order valence-electron chi connectivity index (χ1n) is 9.23. The summed E-state index contributed by atoms with van der Waals surface area (Å²) in [6.45, 7) is 13.7. The van der Waals surface area contributed by atoms with Crippen LogP contribution in [0.15, 0.2) is 41.8 Å². The number of amides is 2. The third-order valence-corrected chi connectivity index (χ3v) is 5.97. The van der Waals surface area contributed by atoms with Crippen molar-refractivity contribution in [2.24, 2.45) is 0 Å². The van der Waals surface area contributed by atoms with Crippen LogP contribution in [0.2, 0.25) is 0 Å². The molecule has 0 spiro atoms. The van der Waals surface area contributed by atoms with E-state index in [9.17, 15) is 13.8 Å². The van der Waals surface area contributed by atoms with E-state index in [1.807, 2.05) is 38.9 Å². The molecule has 154 valence electrons. The summed E-state index contributed by atoms with van der Waals surface area (Å²) in [6.07, 6.45) is 0.846. The van der Waals surface area contributed by atoms with Gasteiger partial charge in [0.2, 0.25) is 5.91 Å². The Morgan fingerprint density at radius 3 is 2.18 bits per heavy atom. The van der Waals surface area contributed by atoms with Crippen LogP contribution in [-0.2, 0) is 20.5 Å². The third-order valence-electron chi connectivity index (χ3n) is 4.19. The van der Waals surface area contributed by atoms with Crippen LogP contribution < -0.4 is 5.32 Å². The standard InChI is InChI=1S/C20H29N3O4S/c1-7-18(24)21-16-8-10-17(11-9-16)28(26)23-14(2)12-22(13-15(23)3)19(25)27-20(4,5)6/h7-11,14-15H,1,12-13H2,2-6H3,(H,21,24)/t14-,15+,28?. The first kappa shape index (κ1) is 22.1. The van der Waals surface area contributed by atoms with E-state index in [1.165, 1.54) is 6.08 Å². The first-order valence-corrected chi connectivity index (χ1v) is 10.3. The van der Waals surface area contributed by atoms with Gasteiger partial charge in [0.1, 0.15) is 16.6 Å². The van der Waals surface area contributed by atoms with Crippen molar-refractivity contribution in [1.82, 2.24) is 9.21 Å². The fourth-order valence-electron chi connectivity index (χ4n) is 3.08. The topological polar surface area (TPSA) is 79.0 Å². The van der Waals surface area contributed by atoms with Crippen molar-refractivity contribution in [2.75, 3.05) is 18.4 Å². The van der Waals surface area contributed by atoms with Gasteiger partial charge in [0, 0.05) is 30.9 Å². The molecule has 1 aromatic rings. The molecule has 1 aliphatic rings. The lowest BCUT2D eigenvalue weighted by Crippen LogP contribution is -2.58. The molecule has 2 rings (SSSR count). The molecule has 1 unspecified atom stereocenters. The Morgan fingerprint density at radius 1 is 1.18 bits per heavy atom. The number of carbonyl (C=O) groups is 2. The van der Waals surface area contributed by atoms with Crippen molar-refractivity contribution in [2.45, 2.75) is 57.2 Å². The minimum atomic E-state index is -1.38. The molecule has 1 saturated heterocycles. The van der Waals surface area contributed by atoms with Crippen molar-refractivity contribution in [3.63, 3.8) is 0 Å². The quantitative estimate of drug-likeness (QED) is 0.778. The molecule has 1 aliphatic heterocycles. The van der Waals surface area contributed by atoms with Crippen LogP contribution in [0.3, 0.4) is 0 Å². The third kappa shape index (κ3) is 5.65. The van der Waals surface area contributed by atoms with Gasteiger partial charge in [-0.15, -0.1) is 0 Å². The van der Waals surface area contributed by atoms with Crippen LogP contribution >= 0.6 is 0 Å². The number of nitrogens with zero attached hydrogens (tertiary/aromatic N) is 2. The summed E-state index contributed by atoms with van der Waals surface area (Å²) >= 11 is 0. The zero-order valence-corrected chi connectivity index (χ0v) is 17.9. The Bertz CT molecular complexity index is 746. The predicted octanol–water partition coefficient (Wildman–Crippen LogP) is 3.16. The molecule has 1 aromatic carbocycles. The second-order valence-electron chi connectivity index (χ2n) is 7.91. The van der Waals surface area contributed by atoms with Gasteiger partial charge in [0.05, 0.1) is 4.90 Å². The molecule has 0 saturated carbocycles. The maximum Gasteiger partial charge on any atom is 0.410 e.